The molecule has 1 fully saturated rings. The van der Waals surface area contributed by atoms with Gasteiger partial charge in [0.1, 0.15) is 5.82 Å². The van der Waals surface area contributed by atoms with Crippen molar-refractivity contribution in [2.45, 2.75) is 12.8 Å². The molecule has 1 saturated heterocycles. The third-order valence-corrected chi connectivity index (χ3v) is 2.77. The number of rotatable bonds is 2. The van der Waals surface area contributed by atoms with E-state index < -0.39 is 0 Å². The van der Waals surface area contributed by atoms with Crippen molar-refractivity contribution in [1.29, 1.82) is 0 Å². The van der Waals surface area contributed by atoms with Gasteiger partial charge in [-0.05, 0) is 37.1 Å². The molecular formula is C12H13FNO. The molecule has 3 heteroatoms. The quantitative estimate of drug-likeness (QED) is 0.681. The molecule has 0 aliphatic carbocycles. The van der Waals surface area contributed by atoms with Gasteiger partial charge in [-0.1, -0.05) is 0 Å². The number of nitrogens with zero attached hydrogens (tertiary/aromatic N) is 1. The predicted octanol–water partition coefficient (Wildman–Crippen LogP) is 2.02. The minimum absolute atomic E-state index is 0.0768. The van der Waals surface area contributed by atoms with E-state index >= 15 is 0 Å². The molecule has 0 N–H and O–H groups in total. The predicted molar refractivity (Wildman–Crippen MR) is 55.3 cm³/mol. The Hall–Kier alpha value is -1.22. The van der Waals surface area contributed by atoms with Crippen molar-refractivity contribution >= 4 is 5.78 Å². The summed E-state index contributed by atoms with van der Waals surface area (Å²) in [5.74, 6) is -0.0944. The first-order chi connectivity index (χ1) is 7.27. The van der Waals surface area contributed by atoms with E-state index in [1.165, 1.54) is 12.1 Å². The van der Waals surface area contributed by atoms with Gasteiger partial charge in [0.25, 0.3) is 0 Å². The maximum absolute atomic E-state index is 12.7. The Morgan fingerprint density at radius 1 is 1.20 bits per heavy atom. The first-order valence-electron chi connectivity index (χ1n) is 5.20. The zero-order chi connectivity index (χ0) is 10.7. The SMILES string of the molecule is O=C(c1ccc(F)cc1)C1CC[N]CC1. The lowest BCUT2D eigenvalue weighted by atomic mass is 9.90. The van der Waals surface area contributed by atoms with Gasteiger partial charge in [0, 0.05) is 24.6 Å². The molecule has 1 aromatic carbocycles. The highest BCUT2D eigenvalue weighted by atomic mass is 19.1. The van der Waals surface area contributed by atoms with Crippen LogP contribution in [0.4, 0.5) is 4.39 Å². The Bertz CT molecular complexity index is 341. The van der Waals surface area contributed by atoms with Crippen molar-refractivity contribution < 1.29 is 9.18 Å². The van der Waals surface area contributed by atoms with Gasteiger partial charge in [0.15, 0.2) is 5.78 Å². The lowest BCUT2D eigenvalue weighted by molar-refractivity contribution is 0.0894. The van der Waals surface area contributed by atoms with Crippen molar-refractivity contribution in [2.75, 3.05) is 13.1 Å². The van der Waals surface area contributed by atoms with E-state index in [1.807, 2.05) is 0 Å². The molecule has 0 atom stereocenters. The van der Waals surface area contributed by atoms with Crippen LogP contribution in [0.15, 0.2) is 24.3 Å². The van der Waals surface area contributed by atoms with Crippen molar-refractivity contribution in [1.82, 2.24) is 5.32 Å². The Balaban J connectivity index is 2.09. The molecule has 1 heterocycles. The third-order valence-electron chi connectivity index (χ3n) is 2.77. The molecule has 0 bridgehead atoms. The molecule has 15 heavy (non-hydrogen) atoms. The van der Waals surface area contributed by atoms with E-state index in [9.17, 15) is 9.18 Å². The Labute approximate surface area is 88.5 Å². The Kier molecular flexibility index (Phi) is 3.11. The minimum atomic E-state index is -0.301. The number of piperidine rings is 1. The van der Waals surface area contributed by atoms with Gasteiger partial charge in [0.2, 0.25) is 0 Å². The number of ketones is 1. The molecular weight excluding hydrogens is 193 g/mol. The van der Waals surface area contributed by atoms with E-state index in [-0.39, 0.29) is 17.5 Å². The molecule has 0 amide bonds. The van der Waals surface area contributed by atoms with Crippen LogP contribution in [0.3, 0.4) is 0 Å². The monoisotopic (exact) mass is 206 g/mol. The fourth-order valence-electron chi connectivity index (χ4n) is 1.86. The summed E-state index contributed by atoms with van der Waals surface area (Å²) in [7, 11) is 0. The molecule has 1 radical (unpaired) electrons. The summed E-state index contributed by atoms with van der Waals surface area (Å²) in [6.45, 7) is 1.55. The molecule has 0 unspecified atom stereocenters. The summed E-state index contributed by atoms with van der Waals surface area (Å²) < 4.78 is 12.7. The zero-order valence-electron chi connectivity index (χ0n) is 8.45. The highest BCUT2D eigenvalue weighted by Crippen LogP contribution is 2.18. The minimum Gasteiger partial charge on any atom is -0.294 e. The lowest BCUT2D eigenvalue weighted by Gasteiger charge is -2.20. The van der Waals surface area contributed by atoms with Crippen molar-refractivity contribution in [3.8, 4) is 0 Å². The van der Waals surface area contributed by atoms with Gasteiger partial charge in [-0.25, -0.2) is 9.71 Å². The summed E-state index contributed by atoms with van der Waals surface area (Å²) in [5.41, 5.74) is 0.614. The highest BCUT2D eigenvalue weighted by molar-refractivity contribution is 5.97. The van der Waals surface area contributed by atoms with Crippen molar-refractivity contribution in [3.05, 3.63) is 35.6 Å². The normalized spacial score (nSPS) is 17.7. The first kappa shape index (κ1) is 10.3. The first-order valence-corrected chi connectivity index (χ1v) is 5.20. The maximum Gasteiger partial charge on any atom is 0.166 e. The molecule has 1 aromatic rings. The van der Waals surface area contributed by atoms with E-state index in [2.05, 4.69) is 5.32 Å². The van der Waals surface area contributed by atoms with Gasteiger partial charge >= 0.3 is 0 Å². The molecule has 0 aromatic heterocycles. The number of benzene rings is 1. The average molecular weight is 206 g/mol. The highest BCUT2D eigenvalue weighted by Gasteiger charge is 2.22. The van der Waals surface area contributed by atoms with E-state index in [0.29, 0.717) is 5.56 Å². The van der Waals surface area contributed by atoms with Gasteiger partial charge < -0.3 is 0 Å². The second-order valence-corrected chi connectivity index (χ2v) is 3.82. The number of hydrogen-bond acceptors (Lipinski definition) is 1. The van der Waals surface area contributed by atoms with E-state index in [1.54, 1.807) is 12.1 Å². The van der Waals surface area contributed by atoms with Crippen LogP contribution in [-0.4, -0.2) is 18.9 Å². The molecule has 2 nitrogen and oxygen atoms in total. The fraction of sp³-hybridized carbons (Fsp3) is 0.417. The van der Waals surface area contributed by atoms with Crippen LogP contribution in [0.25, 0.3) is 0 Å². The fourth-order valence-corrected chi connectivity index (χ4v) is 1.86. The number of carbonyl (C=O) groups excluding carboxylic acids is 1. The van der Waals surface area contributed by atoms with E-state index in [0.717, 1.165) is 25.9 Å². The lowest BCUT2D eigenvalue weighted by Crippen LogP contribution is -2.27. The standard InChI is InChI=1S/C12H13FNO/c13-11-3-1-9(2-4-11)12(15)10-5-7-14-8-6-10/h1-4,10H,5-8H2. The molecule has 0 spiro atoms. The second-order valence-electron chi connectivity index (χ2n) is 3.82. The van der Waals surface area contributed by atoms with Gasteiger partial charge in [0.05, 0.1) is 0 Å². The molecule has 0 saturated carbocycles. The van der Waals surface area contributed by atoms with Crippen LogP contribution in [0.2, 0.25) is 0 Å². The van der Waals surface area contributed by atoms with Crippen molar-refractivity contribution in [2.24, 2.45) is 5.92 Å². The number of hydrogen-bond donors (Lipinski definition) is 0. The average Bonchev–Trinajstić information content (AvgIpc) is 2.30. The van der Waals surface area contributed by atoms with Gasteiger partial charge in [-0.2, -0.15) is 0 Å². The summed E-state index contributed by atoms with van der Waals surface area (Å²) in [6, 6.07) is 5.79. The van der Waals surface area contributed by atoms with Crippen LogP contribution < -0.4 is 5.32 Å². The largest absolute Gasteiger partial charge is 0.294 e. The maximum atomic E-state index is 12.7. The molecule has 1 aliphatic heterocycles. The van der Waals surface area contributed by atoms with Crippen LogP contribution in [-0.2, 0) is 0 Å². The smallest absolute Gasteiger partial charge is 0.166 e. The van der Waals surface area contributed by atoms with E-state index in [4.69, 9.17) is 0 Å². The summed E-state index contributed by atoms with van der Waals surface area (Å²) in [6.07, 6.45) is 1.66. The Morgan fingerprint density at radius 3 is 2.40 bits per heavy atom. The van der Waals surface area contributed by atoms with Crippen molar-refractivity contribution in [3.63, 3.8) is 0 Å². The van der Waals surface area contributed by atoms with Gasteiger partial charge in [-0.3, -0.25) is 4.79 Å². The number of halogens is 1. The third kappa shape index (κ3) is 2.42. The second kappa shape index (κ2) is 4.53. The summed E-state index contributed by atoms with van der Waals surface area (Å²) >= 11 is 0. The molecule has 2 rings (SSSR count). The summed E-state index contributed by atoms with van der Waals surface area (Å²) in [5, 5.41) is 4.21. The molecule has 79 valence electrons. The zero-order valence-corrected chi connectivity index (χ0v) is 8.45. The number of carbonyl (C=O) groups is 1. The topological polar surface area (TPSA) is 31.2 Å². The number of Topliss-reactive ketones (excluding diaryl/α,β-unsaturated/α-hetero) is 1. The van der Waals surface area contributed by atoms with Crippen LogP contribution in [0, 0.1) is 11.7 Å². The summed E-state index contributed by atoms with van der Waals surface area (Å²) in [4.78, 5) is 11.9. The molecule has 1 aliphatic rings. The van der Waals surface area contributed by atoms with Crippen LogP contribution in [0.5, 0.6) is 0 Å². The van der Waals surface area contributed by atoms with Gasteiger partial charge in [-0.15, -0.1) is 0 Å². The van der Waals surface area contributed by atoms with Crippen LogP contribution >= 0.6 is 0 Å². The van der Waals surface area contributed by atoms with Crippen LogP contribution in [0.1, 0.15) is 23.2 Å². The Morgan fingerprint density at radius 2 is 1.80 bits per heavy atom.